The zero-order valence-corrected chi connectivity index (χ0v) is 13.2. The molecular formula is C17H23N4O+. The van der Waals surface area contributed by atoms with Gasteiger partial charge in [-0.05, 0) is 43.2 Å². The molecule has 0 atom stereocenters. The maximum absolute atomic E-state index is 10.1. The first-order valence-corrected chi connectivity index (χ1v) is 7.78. The topological polar surface area (TPSA) is 53.7 Å². The van der Waals surface area contributed by atoms with Gasteiger partial charge >= 0.3 is 0 Å². The van der Waals surface area contributed by atoms with Crippen LogP contribution >= 0.6 is 0 Å². The number of rotatable bonds is 3. The minimum Gasteiger partial charge on any atom is -0.507 e. The average molecular weight is 299 g/mol. The molecule has 2 heterocycles. The lowest BCUT2D eigenvalue weighted by Crippen LogP contribution is -3.13. The number of nitrogens with one attached hydrogen (secondary N) is 1. The van der Waals surface area contributed by atoms with E-state index in [4.69, 9.17) is 0 Å². The van der Waals surface area contributed by atoms with Gasteiger partial charge in [0.25, 0.3) is 0 Å². The van der Waals surface area contributed by atoms with Crippen LogP contribution in [-0.4, -0.2) is 41.3 Å². The number of hydrogen-bond acceptors (Lipinski definition) is 4. The molecule has 1 aliphatic rings. The normalized spacial score (nSPS) is 16.0. The average Bonchev–Trinajstić information content (AvgIpc) is 2.54. The Labute approximate surface area is 131 Å². The van der Waals surface area contributed by atoms with Gasteiger partial charge in [-0.1, -0.05) is 0 Å². The number of anilines is 1. The molecule has 1 aromatic heterocycles. The van der Waals surface area contributed by atoms with Crippen LogP contribution in [0.25, 0.3) is 0 Å². The number of quaternary nitrogens is 1. The lowest BCUT2D eigenvalue weighted by atomic mass is 10.0. The minimum atomic E-state index is 0.421. The maximum Gasteiger partial charge on any atom is 0.225 e. The van der Waals surface area contributed by atoms with E-state index in [1.807, 2.05) is 19.1 Å². The van der Waals surface area contributed by atoms with E-state index in [1.165, 1.54) is 10.5 Å². The van der Waals surface area contributed by atoms with Crippen LogP contribution in [-0.2, 0) is 6.54 Å². The third-order valence-corrected chi connectivity index (χ3v) is 4.44. The lowest BCUT2D eigenvalue weighted by molar-refractivity contribution is -0.914. The fraction of sp³-hybridized carbons (Fsp3) is 0.412. The molecule has 0 radical (unpaired) electrons. The van der Waals surface area contributed by atoms with E-state index in [2.05, 4.69) is 27.9 Å². The predicted octanol–water partition coefficient (Wildman–Crippen LogP) is 0.704. The van der Waals surface area contributed by atoms with Crippen molar-refractivity contribution < 1.29 is 10.0 Å². The fourth-order valence-electron chi connectivity index (χ4n) is 2.93. The highest BCUT2D eigenvalue weighted by atomic mass is 16.3. The first-order chi connectivity index (χ1) is 10.6. The summed E-state index contributed by atoms with van der Waals surface area (Å²) in [7, 11) is 0. The molecular weight excluding hydrogens is 276 g/mol. The van der Waals surface area contributed by atoms with E-state index in [0.717, 1.165) is 49.8 Å². The second-order valence-corrected chi connectivity index (χ2v) is 6.03. The molecule has 0 aliphatic carbocycles. The number of benzene rings is 1. The SMILES string of the molecule is Cc1cc(O)c(C[NH+]2CCN(c3ncccn3)CC2)cc1C. The molecule has 1 aliphatic heterocycles. The van der Waals surface area contributed by atoms with Gasteiger partial charge in [0, 0.05) is 18.0 Å². The standard InChI is InChI=1S/C17H22N4O/c1-13-10-15(16(22)11-14(13)2)12-20-6-8-21(9-7-20)17-18-4-3-5-19-17/h3-5,10-11,22H,6-9,12H2,1-2H3/p+1. The van der Waals surface area contributed by atoms with Gasteiger partial charge in [-0.15, -0.1) is 0 Å². The number of phenolic OH excluding ortho intramolecular Hbond substituents is 1. The number of aromatic nitrogens is 2. The van der Waals surface area contributed by atoms with E-state index in [9.17, 15) is 5.11 Å². The molecule has 22 heavy (non-hydrogen) atoms. The Kier molecular flexibility index (Phi) is 4.24. The van der Waals surface area contributed by atoms with Crippen molar-refractivity contribution in [3.63, 3.8) is 0 Å². The number of hydrogen-bond donors (Lipinski definition) is 2. The van der Waals surface area contributed by atoms with E-state index in [-0.39, 0.29) is 0 Å². The van der Waals surface area contributed by atoms with E-state index in [1.54, 1.807) is 12.4 Å². The molecule has 3 rings (SSSR count). The number of aryl methyl sites for hydroxylation is 2. The Morgan fingerprint density at radius 1 is 1.09 bits per heavy atom. The molecule has 2 N–H and O–H groups in total. The summed E-state index contributed by atoms with van der Waals surface area (Å²) < 4.78 is 0. The zero-order valence-electron chi connectivity index (χ0n) is 13.2. The quantitative estimate of drug-likeness (QED) is 0.876. The summed E-state index contributed by atoms with van der Waals surface area (Å²) in [6.07, 6.45) is 3.57. The van der Waals surface area contributed by atoms with Gasteiger partial charge in [-0.3, -0.25) is 0 Å². The van der Waals surface area contributed by atoms with Gasteiger partial charge in [-0.25, -0.2) is 9.97 Å². The van der Waals surface area contributed by atoms with Crippen LogP contribution in [0.3, 0.4) is 0 Å². The van der Waals surface area contributed by atoms with Crippen LogP contribution < -0.4 is 9.80 Å². The van der Waals surface area contributed by atoms with E-state index < -0.39 is 0 Å². The third-order valence-electron chi connectivity index (χ3n) is 4.44. The molecule has 0 saturated carbocycles. The highest BCUT2D eigenvalue weighted by Crippen LogP contribution is 2.21. The summed E-state index contributed by atoms with van der Waals surface area (Å²) in [6.45, 7) is 8.96. The molecule has 0 amide bonds. The first-order valence-electron chi connectivity index (χ1n) is 7.78. The van der Waals surface area contributed by atoms with E-state index in [0.29, 0.717) is 5.75 Å². The summed E-state index contributed by atoms with van der Waals surface area (Å²) >= 11 is 0. The molecule has 5 nitrogen and oxygen atoms in total. The van der Waals surface area contributed by atoms with Crippen molar-refractivity contribution in [3.05, 3.63) is 47.3 Å². The predicted molar refractivity (Wildman–Crippen MR) is 86.2 cm³/mol. The van der Waals surface area contributed by atoms with Crippen molar-refractivity contribution in [2.75, 3.05) is 31.1 Å². The lowest BCUT2D eigenvalue weighted by Gasteiger charge is -2.32. The molecule has 0 unspecified atom stereocenters. The highest BCUT2D eigenvalue weighted by Gasteiger charge is 2.22. The van der Waals surface area contributed by atoms with Crippen LogP contribution in [0.2, 0.25) is 0 Å². The number of phenols is 1. The van der Waals surface area contributed by atoms with Crippen molar-refractivity contribution in [1.29, 1.82) is 0 Å². The molecule has 5 heteroatoms. The zero-order chi connectivity index (χ0) is 15.5. The van der Waals surface area contributed by atoms with Gasteiger partial charge in [0.2, 0.25) is 5.95 Å². The monoisotopic (exact) mass is 299 g/mol. The largest absolute Gasteiger partial charge is 0.507 e. The molecule has 1 aromatic carbocycles. The van der Waals surface area contributed by atoms with Gasteiger partial charge in [0.1, 0.15) is 12.3 Å². The van der Waals surface area contributed by atoms with Crippen LogP contribution in [0.5, 0.6) is 5.75 Å². The second-order valence-electron chi connectivity index (χ2n) is 6.03. The smallest absolute Gasteiger partial charge is 0.225 e. The molecule has 2 aromatic rings. The molecule has 1 saturated heterocycles. The summed E-state index contributed by atoms with van der Waals surface area (Å²) in [5, 5.41) is 10.1. The highest BCUT2D eigenvalue weighted by molar-refractivity contribution is 5.40. The number of piperazine rings is 1. The Morgan fingerprint density at radius 3 is 2.41 bits per heavy atom. The summed E-state index contributed by atoms with van der Waals surface area (Å²) in [5.74, 6) is 1.24. The summed E-state index contributed by atoms with van der Waals surface area (Å²) in [4.78, 5) is 12.3. The Hall–Kier alpha value is -2.14. The van der Waals surface area contributed by atoms with Crippen LogP contribution in [0.4, 0.5) is 5.95 Å². The Morgan fingerprint density at radius 2 is 1.73 bits per heavy atom. The van der Waals surface area contributed by atoms with Crippen LogP contribution in [0, 0.1) is 13.8 Å². The Bertz CT molecular complexity index is 637. The molecule has 0 spiro atoms. The van der Waals surface area contributed by atoms with E-state index >= 15 is 0 Å². The minimum absolute atomic E-state index is 0.421. The molecule has 1 fully saturated rings. The molecule has 116 valence electrons. The van der Waals surface area contributed by atoms with Gasteiger partial charge < -0.3 is 14.9 Å². The van der Waals surface area contributed by atoms with Crippen molar-refractivity contribution in [3.8, 4) is 5.75 Å². The van der Waals surface area contributed by atoms with Crippen molar-refractivity contribution in [2.24, 2.45) is 0 Å². The van der Waals surface area contributed by atoms with Crippen molar-refractivity contribution in [1.82, 2.24) is 9.97 Å². The first kappa shape index (κ1) is 14.8. The van der Waals surface area contributed by atoms with Crippen LogP contribution in [0.1, 0.15) is 16.7 Å². The van der Waals surface area contributed by atoms with Gasteiger partial charge in [-0.2, -0.15) is 0 Å². The third kappa shape index (κ3) is 3.20. The van der Waals surface area contributed by atoms with Crippen molar-refractivity contribution >= 4 is 5.95 Å². The van der Waals surface area contributed by atoms with Crippen molar-refractivity contribution in [2.45, 2.75) is 20.4 Å². The fourth-order valence-corrected chi connectivity index (χ4v) is 2.93. The summed E-state index contributed by atoms with van der Waals surface area (Å²) in [6, 6.07) is 5.83. The number of nitrogens with zero attached hydrogens (tertiary/aromatic N) is 3. The Balaban J connectivity index is 1.62. The second kappa shape index (κ2) is 6.32. The molecule has 0 bridgehead atoms. The summed E-state index contributed by atoms with van der Waals surface area (Å²) in [5.41, 5.74) is 3.42. The number of aromatic hydroxyl groups is 1. The van der Waals surface area contributed by atoms with Gasteiger partial charge in [0.05, 0.1) is 26.2 Å². The van der Waals surface area contributed by atoms with Crippen LogP contribution in [0.15, 0.2) is 30.6 Å². The maximum atomic E-state index is 10.1. The van der Waals surface area contributed by atoms with Gasteiger partial charge in [0.15, 0.2) is 0 Å².